The highest BCUT2D eigenvalue weighted by Gasteiger charge is 2.30. The topological polar surface area (TPSA) is 88.4 Å². The van der Waals surface area contributed by atoms with Gasteiger partial charge in [-0.1, -0.05) is 6.42 Å². The van der Waals surface area contributed by atoms with Crippen molar-refractivity contribution in [3.05, 3.63) is 39.6 Å². The van der Waals surface area contributed by atoms with E-state index in [1.165, 1.54) is 28.2 Å². The summed E-state index contributed by atoms with van der Waals surface area (Å²) in [5, 5.41) is 12.1. The van der Waals surface area contributed by atoms with Gasteiger partial charge < -0.3 is 14.8 Å². The van der Waals surface area contributed by atoms with Gasteiger partial charge in [-0.25, -0.2) is 0 Å². The first kappa shape index (κ1) is 18.5. The lowest BCUT2D eigenvalue weighted by atomic mass is 10.0. The fourth-order valence-corrected chi connectivity index (χ4v) is 4.73. The fourth-order valence-electron chi connectivity index (χ4n) is 3.50. The van der Waals surface area contributed by atoms with E-state index in [0.717, 1.165) is 25.7 Å². The van der Waals surface area contributed by atoms with Crippen molar-refractivity contribution in [2.45, 2.75) is 32.1 Å². The van der Waals surface area contributed by atoms with E-state index in [-0.39, 0.29) is 0 Å². The van der Waals surface area contributed by atoms with E-state index in [1.54, 1.807) is 18.2 Å². The summed E-state index contributed by atoms with van der Waals surface area (Å²) in [4.78, 5) is 27.1. The summed E-state index contributed by atoms with van der Waals surface area (Å²) in [7, 11) is 0. The van der Waals surface area contributed by atoms with Gasteiger partial charge in [0.15, 0.2) is 23.2 Å². The number of nitriles is 1. The number of nitrogens with one attached hydrogen (secondary N) is 1. The van der Waals surface area contributed by atoms with Gasteiger partial charge in [0.1, 0.15) is 13.2 Å². The Kier molecular flexibility index (Phi) is 5.31. The fraction of sp³-hybridized carbons (Fsp3) is 0.381. The van der Waals surface area contributed by atoms with E-state index in [2.05, 4.69) is 5.32 Å². The average Bonchev–Trinajstić information content (AvgIpc) is 2.99. The Balaban J connectivity index is 1.49. The molecule has 1 unspecified atom stereocenters. The maximum atomic E-state index is 12.8. The van der Waals surface area contributed by atoms with Crippen molar-refractivity contribution in [2.75, 3.05) is 18.5 Å². The Morgan fingerprint density at radius 3 is 2.68 bits per heavy atom. The molecule has 2 heterocycles. The van der Waals surface area contributed by atoms with E-state index in [0.29, 0.717) is 35.3 Å². The summed E-state index contributed by atoms with van der Waals surface area (Å²) >= 11 is 1.43. The zero-order valence-corrected chi connectivity index (χ0v) is 16.1. The van der Waals surface area contributed by atoms with E-state index in [9.17, 15) is 14.9 Å². The van der Waals surface area contributed by atoms with Crippen LogP contribution in [0.5, 0.6) is 11.5 Å². The molecule has 0 saturated heterocycles. The summed E-state index contributed by atoms with van der Waals surface area (Å²) in [5.74, 6) is -1.30. The maximum Gasteiger partial charge on any atom is 0.249 e. The summed E-state index contributed by atoms with van der Waals surface area (Å²) in [5.41, 5.74) is 1.65. The Morgan fingerprint density at radius 2 is 1.86 bits per heavy atom. The van der Waals surface area contributed by atoms with Crippen LogP contribution in [0, 0.1) is 17.2 Å². The molecule has 1 aromatic carbocycles. The number of benzene rings is 1. The molecule has 7 heteroatoms. The van der Waals surface area contributed by atoms with Crippen molar-refractivity contribution >= 4 is 28.7 Å². The minimum atomic E-state index is -1.38. The number of carbonyl (C=O) groups is 2. The van der Waals surface area contributed by atoms with Crippen LogP contribution in [0.25, 0.3) is 0 Å². The number of thiophene rings is 1. The van der Waals surface area contributed by atoms with Gasteiger partial charge in [-0.15, -0.1) is 11.3 Å². The molecule has 1 aliphatic heterocycles. The van der Waals surface area contributed by atoms with Crippen LogP contribution in [0.3, 0.4) is 0 Å². The molecule has 6 nitrogen and oxygen atoms in total. The predicted octanol–water partition coefficient (Wildman–Crippen LogP) is 3.75. The van der Waals surface area contributed by atoms with Gasteiger partial charge in [-0.3, -0.25) is 9.59 Å². The van der Waals surface area contributed by atoms with Crippen molar-refractivity contribution < 1.29 is 19.1 Å². The molecule has 0 radical (unpaired) electrons. The summed E-state index contributed by atoms with van der Waals surface area (Å²) in [6.07, 6.45) is 5.36. The third kappa shape index (κ3) is 3.73. The molecule has 2 aliphatic rings. The first-order valence-electron chi connectivity index (χ1n) is 9.41. The van der Waals surface area contributed by atoms with Gasteiger partial charge in [-0.05, 0) is 49.4 Å². The lowest BCUT2D eigenvalue weighted by Gasteiger charge is -2.19. The SMILES string of the molecule is N#CC(C(=O)Nc1ccc2c(c1)OCCO2)C(=O)c1cc2c(s1)CCCCC2. The minimum absolute atomic E-state index is 0.435. The van der Waals surface area contributed by atoms with E-state index in [4.69, 9.17) is 9.47 Å². The van der Waals surface area contributed by atoms with Crippen LogP contribution in [-0.2, 0) is 17.6 Å². The first-order valence-corrected chi connectivity index (χ1v) is 10.2. The van der Waals surface area contributed by atoms with Crippen molar-refractivity contribution in [3.8, 4) is 17.6 Å². The van der Waals surface area contributed by atoms with Gasteiger partial charge in [-0.2, -0.15) is 5.26 Å². The number of fused-ring (bicyclic) bond motifs is 2. The summed E-state index contributed by atoms with van der Waals surface area (Å²) < 4.78 is 11.0. The van der Waals surface area contributed by atoms with Crippen molar-refractivity contribution in [2.24, 2.45) is 5.92 Å². The molecule has 1 aliphatic carbocycles. The molecule has 0 saturated carbocycles. The molecule has 28 heavy (non-hydrogen) atoms. The number of rotatable bonds is 4. The van der Waals surface area contributed by atoms with Crippen molar-refractivity contribution in [1.29, 1.82) is 5.26 Å². The van der Waals surface area contributed by atoms with Gasteiger partial charge in [0.25, 0.3) is 0 Å². The van der Waals surface area contributed by atoms with Crippen LogP contribution < -0.4 is 14.8 Å². The Bertz CT molecular complexity index is 936. The van der Waals surface area contributed by atoms with Crippen molar-refractivity contribution in [1.82, 2.24) is 0 Å². The number of ether oxygens (including phenoxy) is 2. The smallest absolute Gasteiger partial charge is 0.249 e. The Hall–Kier alpha value is -2.85. The highest BCUT2D eigenvalue weighted by Crippen LogP contribution is 2.33. The second kappa shape index (κ2) is 8.03. The highest BCUT2D eigenvalue weighted by atomic mass is 32.1. The van der Waals surface area contributed by atoms with Crippen LogP contribution in [0.1, 0.15) is 39.4 Å². The molecule has 1 amide bonds. The average molecular weight is 396 g/mol. The number of hydrogen-bond donors (Lipinski definition) is 1. The second-order valence-corrected chi connectivity index (χ2v) is 8.03. The third-order valence-corrected chi connectivity index (χ3v) is 6.20. The Morgan fingerprint density at radius 1 is 1.07 bits per heavy atom. The van der Waals surface area contributed by atoms with Gasteiger partial charge >= 0.3 is 0 Å². The largest absolute Gasteiger partial charge is 0.486 e. The zero-order valence-electron chi connectivity index (χ0n) is 15.3. The van der Waals surface area contributed by atoms with Crippen molar-refractivity contribution in [3.63, 3.8) is 0 Å². The molecule has 0 fully saturated rings. The lowest BCUT2D eigenvalue weighted by Crippen LogP contribution is -2.28. The predicted molar refractivity (Wildman–Crippen MR) is 105 cm³/mol. The van der Waals surface area contributed by atoms with E-state index < -0.39 is 17.6 Å². The van der Waals surface area contributed by atoms with Crippen LogP contribution in [0.2, 0.25) is 0 Å². The van der Waals surface area contributed by atoms with Gasteiger partial charge in [0, 0.05) is 16.6 Å². The molecule has 144 valence electrons. The Labute approximate surface area is 167 Å². The number of anilines is 1. The third-order valence-electron chi connectivity index (χ3n) is 4.95. The second-order valence-electron chi connectivity index (χ2n) is 6.89. The number of amides is 1. The first-order chi connectivity index (χ1) is 13.7. The van der Waals surface area contributed by atoms with Crippen LogP contribution in [0.15, 0.2) is 24.3 Å². The number of carbonyl (C=O) groups excluding carboxylic acids is 2. The molecule has 0 bridgehead atoms. The molecule has 0 spiro atoms. The molecule has 1 atom stereocenters. The van der Waals surface area contributed by atoms with Crippen LogP contribution in [-0.4, -0.2) is 24.9 Å². The van der Waals surface area contributed by atoms with Crippen LogP contribution >= 0.6 is 11.3 Å². The number of aryl methyl sites for hydroxylation is 2. The number of ketones is 1. The number of nitrogens with zero attached hydrogens (tertiary/aromatic N) is 1. The monoisotopic (exact) mass is 396 g/mol. The van der Waals surface area contributed by atoms with Crippen LogP contribution in [0.4, 0.5) is 5.69 Å². The summed E-state index contributed by atoms with van der Waals surface area (Å²) in [6, 6.07) is 8.73. The molecular formula is C21H20N2O4S. The highest BCUT2D eigenvalue weighted by molar-refractivity contribution is 7.14. The molecule has 4 rings (SSSR count). The van der Waals surface area contributed by atoms with Gasteiger partial charge in [0.2, 0.25) is 5.91 Å². The molecule has 2 aromatic rings. The minimum Gasteiger partial charge on any atom is -0.486 e. The number of Topliss-reactive ketones (excluding diaryl/α,β-unsaturated/α-hetero) is 1. The summed E-state index contributed by atoms with van der Waals surface area (Å²) in [6.45, 7) is 0.918. The molecule has 1 N–H and O–H groups in total. The molecular weight excluding hydrogens is 376 g/mol. The van der Waals surface area contributed by atoms with E-state index >= 15 is 0 Å². The molecule has 1 aromatic heterocycles. The maximum absolute atomic E-state index is 12.8. The quantitative estimate of drug-likeness (QED) is 0.483. The number of hydrogen-bond acceptors (Lipinski definition) is 6. The zero-order chi connectivity index (χ0) is 19.5. The van der Waals surface area contributed by atoms with E-state index in [1.807, 2.05) is 12.1 Å². The lowest BCUT2D eigenvalue weighted by molar-refractivity contribution is -0.117. The standard InChI is InChI=1S/C21H20N2O4S/c22-12-15(20(24)19-10-13-4-2-1-3-5-18(13)28-19)21(25)23-14-6-7-16-17(11-14)27-9-8-26-16/h6-7,10-11,15H,1-5,8-9H2,(H,23,25). The normalized spacial score (nSPS) is 16.2. The van der Waals surface area contributed by atoms with Gasteiger partial charge in [0.05, 0.1) is 10.9 Å².